The van der Waals surface area contributed by atoms with E-state index < -0.39 is 101 Å². The second-order valence-corrected chi connectivity index (χ2v) is 19.4. The van der Waals surface area contributed by atoms with Crippen molar-refractivity contribution in [2.24, 2.45) is 0 Å². The van der Waals surface area contributed by atoms with Gasteiger partial charge in [0.15, 0.2) is 0 Å². The van der Waals surface area contributed by atoms with Gasteiger partial charge in [-0.2, -0.15) is 25.4 Å². The molecule has 0 aliphatic rings. The van der Waals surface area contributed by atoms with Crippen LogP contribution in [0.25, 0.3) is 0 Å². The van der Waals surface area contributed by atoms with Crippen molar-refractivity contribution in [3.8, 4) is 23.0 Å². The quantitative estimate of drug-likeness (QED) is 0.105. The van der Waals surface area contributed by atoms with Gasteiger partial charge in [-0.25, -0.2) is 16.8 Å². The zero-order valence-corrected chi connectivity index (χ0v) is 33.5. The number of sulfonamides is 2. The number of aromatic hydroxyl groups is 4. The van der Waals surface area contributed by atoms with Crippen LogP contribution in [0.3, 0.4) is 0 Å². The normalized spacial score (nSPS) is 12.8. The minimum atomic E-state index is -4.57. The van der Waals surface area contributed by atoms with Crippen LogP contribution in [0, 0.1) is 27.7 Å². The number of aryl methyl sites for hydroxylation is 4. The fraction of sp³-hybridized carbons (Fsp3) is 0.314. The fourth-order valence-corrected chi connectivity index (χ4v) is 11.0. The van der Waals surface area contributed by atoms with E-state index in [1.807, 2.05) is 0 Å². The predicted molar refractivity (Wildman–Crippen MR) is 200 cm³/mol. The Balaban J connectivity index is 1.62. The number of rotatable bonds is 18. The van der Waals surface area contributed by atoms with Crippen molar-refractivity contribution < 1.29 is 62.5 Å². The van der Waals surface area contributed by atoms with E-state index in [9.17, 15) is 54.1 Å². The third-order valence-corrected chi connectivity index (χ3v) is 15.3. The molecule has 0 fully saturated rings. The molecule has 0 aliphatic heterocycles. The Morgan fingerprint density at radius 1 is 0.473 bits per heavy atom. The number of para-hydroxylation sites is 2. The molecule has 0 aliphatic carbocycles. The van der Waals surface area contributed by atoms with Crippen LogP contribution in [0.1, 0.15) is 28.7 Å². The minimum absolute atomic E-state index is 0.239. The van der Waals surface area contributed by atoms with Crippen LogP contribution in [0.15, 0.2) is 92.4 Å². The molecule has 0 bridgehead atoms. The van der Waals surface area contributed by atoms with Crippen molar-refractivity contribution in [3.05, 3.63) is 95.1 Å². The third kappa shape index (κ3) is 10.1. The summed E-state index contributed by atoms with van der Waals surface area (Å²) in [7, 11) is -18.2. The van der Waals surface area contributed by atoms with Crippen molar-refractivity contribution in [1.82, 2.24) is 8.61 Å². The maximum atomic E-state index is 14.0. The molecule has 300 valence electrons. The molecule has 0 radical (unpaired) electrons. The van der Waals surface area contributed by atoms with Crippen LogP contribution in [0.2, 0.25) is 0 Å². The maximum Gasteiger partial charge on any atom is 0.300 e. The molecular formula is C35H42N2O14S4. The van der Waals surface area contributed by atoms with Crippen molar-refractivity contribution in [3.63, 3.8) is 0 Å². The smallest absolute Gasteiger partial charge is 0.300 e. The molecule has 4 N–H and O–H groups in total. The summed E-state index contributed by atoms with van der Waals surface area (Å²) in [6.07, 6.45) is -0.245. The molecule has 0 aromatic heterocycles. The summed E-state index contributed by atoms with van der Waals surface area (Å²) in [6, 6.07) is 15.2. The van der Waals surface area contributed by atoms with Gasteiger partial charge in [-0.3, -0.25) is 8.37 Å². The zero-order valence-electron chi connectivity index (χ0n) is 30.3. The first kappa shape index (κ1) is 43.4. The average molecular weight is 843 g/mol. The van der Waals surface area contributed by atoms with Gasteiger partial charge in [0.25, 0.3) is 0 Å². The van der Waals surface area contributed by atoms with Gasteiger partial charge in [-0.05, 0) is 80.6 Å². The number of benzene rings is 4. The number of hydrogen-bond acceptors (Lipinski definition) is 14. The summed E-state index contributed by atoms with van der Waals surface area (Å²) in [4.78, 5) is -1.69. The van der Waals surface area contributed by atoms with Gasteiger partial charge in [0, 0.05) is 38.3 Å². The van der Waals surface area contributed by atoms with Crippen LogP contribution in [0.5, 0.6) is 23.0 Å². The van der Waals surface area contributed by atoms with E-state index in [2.05, 4.69) is 0 Å². The number of hydrogen-bond donors (Lipinski definition) is 4. The molecule has 55 heavy (non-hydrogen) atoms. The Hall–Kier alpha value is -4.28. The summed E-state index contributed by atoms with van der Waals surface area (Å²) in [5.74, 6) is -1.83. The first-order valence-corrected chi connectivity index (χ1v) is 22.2. The zero-order chi connectivity index (χ0) is 40.9. The Morgan fingerprint density at radius 2 is 0.836 bits per heavy atom. The molecule has 0 unspecified atom stereocenters. The van der Waals surface area contributed by atoms with Gasteiger partial charge in [0.1, 0.15) is 32.8 Å². The van der Waals surface area contributed by atoms with Gasteiger partial charge in [-0.15, -0.1) is 0 Å². The van der Waals surface area contributed by atoms with Gasteiger partial charge in [0.2, 0.25) is 20.0 Å². The van der Waals surface area contributed by atoms with Crippen molar-refractivity contribution in [2.45, 2.75) is 53.7 Å². The van der Waals surface area contributed by atoms with Crippen LogP contribution >= 0.6 is 0 Å². The van der Waals surface area contributed by atoms with Crippen LogP contribution in [-0.4, -0.2) is 102 Å². The monoisotopic (exact) mass is 842 g/mol. The van der Waals surface area contributed by atoms with E-state index in [-0.39, 0.29) is 50.0 Å². The molecule has 20 heteroatoms. The molecule has 16 nitrogen and oxygen atoms in total. The van der Waals surface area contributed by atoms with E-state index in [4.69, 9.17) is 8.37 Å². The van der Waals surface area contributed by atoms with Gasteiger partial charge >= 0.3 is 20.2 Å². The molecule has 0 saturated carbocycles. The van der Waals surface area contributed by atoms with E-state index >= 15 is 0 Å². The Morgan fingerprint density at radius 3 is 1.20 bits per heavy atom. The molecule has 0 amide bonds. The van der Waals surface area contributed by atoms with Gasteiger partial charge in [-0.1, -0.05) is 36.4 Å². The highest BCUT2D eigenvalue weighted by molar-refractivity contribution is 7.89. The SMILES string of the molecule is Cc1ccc(O)cc1S(=O)(=O)N(CCCN(CCOS(=O)(=O)c1cccc(C)c1O)S(=O)(=O)c1cc(O)ccc1C)CCOS(=O)(=O)c1cccc(C)c1O. The summed E-state index contributed by atoms with van der Waals surface area (Å²) in [5.41, 5.74) is 0.986. The molecular weight excluding hydrogens is 801 g/mol. The molecule has 4 aromatic rings. The maximum absolute atomic E-state index is 14.0. The van der Waals surface area contributed by atoms with E-state index in [0.717, 1.165) is 32.9 Å². The molecule has 0 spiro atoms. The lowest BCUT2D eigenvalue weighted by atomic mass is 10.2. The van der Waals surface area contributed by atoms with Crippen molar-refractivity contribution in [2.75, 3.05) is 39.4 Å². The van der Waals surface area contributed by atoms with Crippen LogP contribution in [-0.2, 0) is 48.6 Å². The predicted octanol–water partition coefficient (Wildman–Crippen LogP) is 3.63. The van der Waals surface area contributed by atoms with E-state index in [0.29, 0.717) is 0 Å². The first-order chi connectivity index (χ1) is 25.6. The summed E-state index contributed by atoms with van der Waals surface area (Å²) < 4.78 is 120. The van der Waals surface area contributed by atoms with Crippen LogP contribution in [0.4, 0.5) is 0 Å². The highest BCUT2D eigenvalue weighted by Gasteiger charge is 2.31. The third-order valence-electron chi connectivity index (χ3n) is 8.49. The van der Waals surface area contributed by atoms with Crippen LogP contribution < -0.4 is 0 Å². The lowest BCUT2D eigenvalue weighted by Gasteiger charge is -2.26. The second kappa shape index (κ2) is 17.2. The van der Waals surface area contributed by atoms with Gasteiger partial charge in [0.05, 0.1) is 23.0 Å². The Labute approximate surface area is 321 Å². The molecule has 0 heterocycles. The lowest BCUT2D eigenvalue weighted by Crippen LogP contribution is -2.39. The lowest BCUT2D eigenvalue weighted by molar-refractivity contribution is 0.257. The van der Waals surface area contributed by atoms with E-state index in [1.165, 1.54) is 76.2 Å². The summed E-state index contributed by atoms with van der Waals surface area (Å²) in [5, 5.41) is 40.8. The standard InChI is InChI=1S/C35H42N2O14S4/c1-24-12-14-28(38)22-32(24)52(42,43)36(18-20-50-54(46,47)30-10-5-8-26(3)34(30)40)16-7-17-37(53(44,45)33-23-29(39)15-13-25(33)2)19-21-51-55(48,49)31-11-6-9-27(4)35(31)41/h5-6,8-15,22-23,38-41H,7,16-21H2,1-4H3. The highest BCUT2D eigenvalue weighted by Crippen LogP contribution is 2.30. The van der Waals surface area contributed by atoms with Crippen molar-refractivity contribution in [1.29, 1.82) is 0 Å². The topological polar surface area (TPSA) is 242 Å². The molecule has 4 rings (SSSR count). The minimum Gasteiger partial charge on any atom is -0.508 e. The number of phenols is 4. The molecule has 4 aromatic carbocycles. The van der Waals surface area contributed by atoms with Gasteiger partial charge < -0.3 is 20.4 Å². The Kier molecular flexibility index (Phi) is 13.6. The number of nitrogens with zero attached hydrogens (tertiary/aromatic N) is 2. The summed E-state index contributed by atoms with van der Waals surface area (Å²) >= 11 is 0. The first-order valence-electron chi connectivity index (χ1n) is 16.5. The molecule has 0 atom stereocenters. The number of phenolic OH excluding ortho intramolecular Hbond substituents is 4. The average Bonchev–Trinajstić information content (AvgIpc) is 3.10. The largest absolute Gasteiger partial charge is 0.508 e. The summed E-state index contributed by atoms with van der Waals surface area (Å²) in [6.45, 7) is 2.42. The van der Waals surface area contributed by atoms with Crippen molar-refractivity contribution >= 4 is 40.3 Å². The highest BCUT2D eigenvalue weighted by atomic mass is 32.2. The molecule has 0 saturated heterocycles. The fourth-order valence-electron chi connectivity index (χ4n) is 5.43. The second-order valence-electron chi connectivity index (χ2n) is 12.5. The van der Waals surface area contributed by atoms with E-state index in [1.54, 1.807) is 0 Å². The Bertz CT molecular complexity index is 2320.